The fourth-order valence-corrected chi connectivity index (χ4v) is 19.2. The fraction of sp³-hybridized carbons (Fsp3) is 0.986. The van der Waals surface area contributed by atoms with Gasteiger partial charge in [-0.3, -0.25) is 4.79 Å². The molecular weight excluding hydrogens is 1230 g/mol. The zero-order chi connectivity index (χ0) is 66.9. The minimum absolute atomic E-state index is 0.00940. The summed E-state index contributed by atoms with van der Waals surface area (Å²) >= 11 is 0. The van der Waals surface area contributed by atoms with E-state index in [4.69, 9.17) is 104 Å². The first kappa shape index (κ1) is 72.5. The number of methoxy groups -OCH3 is 6. The average molecular weight is 1340 g/mol. The molecule has 9 aliphatic heterocycles. The third kappa shape index (κ3) is 14.3. The van der Waals surface area contributed by atoms with Gasteiger partial charge in [0.15, 0.2) is 49.8 Å². The van der Waals surface area contributed by atoms with E-state index < -0.39 is 165 Å². The van der Waals surface area contributed by atoms with E-state index in [-0.39, 0.29) is 60.3 Å². The van der Waals surface area contributed by atoms with Gasteiger partial charge in [-0.2, -0.15) is 0 Å². The molecule has 3 saturated carbocycles. The highest BCUT2D eigenvalue weighted by molar-refractivity contribution is 5.88. The number of rotatable bonds is 20. The summed E-state index contributed by atoms with van der Waals surface area (Å²) in [7, 11) is 9.87. The minimum Gasteiger partial charge on any atom is -0.390 e. The summed E-state index contributed by atoms with van der Waals surface area (Å²) in [5.74, 6) is 0.623. The summed E-state index contributed by atoms with van der Waals surface area (Å²) in [6, 6.07) is 0. The molecule has 12 aliphatic rings. The summed E-state index contributed by atoms with van der Waals surface area (Å²) in [6.07, 6.45) is -5.56. The van der Waals surface area contributed by atoms with Crippen molar-refractivity contribution in [3.8, 4) is 0 Å². The average Bonchev–Trinajstić information content (AvgIpc) is 1.52. The SMILES string of the molecule is CO[C@H]1C[C@H](O[C@H]2CC[C@@]3(C)C(CC[C@@]45OC(C)[C@H]6CCC(=O)[C@]6(C)C(C[C@@H]43)O5)C2)O[C@H](C)[C@H]1O[C@H]1C[C@@H](OC)[C@H](O[C@H]2C[C@@H](OC)[C@H](O[C@H]3C[C@@H](OC)[C@H](O[C@H]4C[C@@H](OC)[C@H](O[C@H]5C[C@H](O)[C@H](O[C@H]6C[C@@H](OC)[C@H](O)[C@@H](C)O6)[C@@H](C)O5)[C@@H](C)O4)[C@@H](C)O3)[C@@H](C)O2)[C@@H](C)O1. The quantitative estimate of drug-likeness (QED) is 0.123. The van der Waals surface area contributed by atoms with Crippen LogP contribution >= 0.6 is 0 Å². The number of Topliss-reactive ketones (excluding diaryl/α,β-unsaturated/α-hetero) is 1. The Labute approximate surface area is 556 Å². The van der Waals surface area contributed by atoms with Crippen molar-refractivity contribution in [2.75, 3.05) is 42.7 Å². The molecule has 12 fully saturated rings. The van der Waals surface area contributed by atoms with Crippen LogP contribution in [0, 0.1) is 28.6 Å². The van der Waals surface area contributed by atoms with Gasteiger partial charge in [0.25, 0.3) is 0 Å². The predicted molar refractivity (Wildman–Crippen MR) is 330 cm³/mol. The van der Waals surface area contributed by atoms with Gasteiger partial charge < -0.3 is 114 Å². The van der Waals surface area contributed by atoms with Crippen molar-refractivity contribution in [1.82, 2.24) is 0 Å². The Bertz CT molecular complexity index is 2460. The maximum absolute atomic E-state index is 13.5. The van der Waals surface area contributed by atoms with Crippen LogP contribution in [0.25, 0.3) is 0 Å². The van der Waals surface area contributed by atoms with Crippen LogP contribution in [-0.4, -0.2) is 255 Å². The van der Waals surface area contributed by atoms with Gasteiger partial charge in [-0.05, 0) is 112 Å². The smallest absolute Gasteiger partial charge is 0.172 e. The van der Waals surface area contributed by atoms with Crippen LogP contribution in [0.5, 0.6) is 0 Å². The highest BCUT2D eigenvalue weighted by atomic mass is 16.8. The topological polar surface area (TPSA) is 261 Å². The van der Waals surface area contributed by atoms with E-state index in [1.54, 1.807) is 49.6 Å². The van der Waals surface area contributed by atoms with Gasteiger partial charge in [0.1, 0.15) is 48.5 Å². The first-order valence-corrected chi connectivity index (χ1v) is 35.5. The number of ketones is 1. The van der Waals surface area contributed by atoms with Crippen LogP contribution in [-0.2, 0) is 109 Å². The molecule has 0 aromatic heterocycles. The zero-order valence-electron chi connectivity index (χ0n) is 58.5. The van der Waals surface area contributed by atoms with Crippen LogP contribution in [0.15, 0.2) is 0 Å². The van der Waals surface area contributed by atoms with Crippen molar-refractivity contribution in [2.45, 2.75) is 362 Å². The van der Waals surface area contributed by atoms with E-state index in [1.807, 2.05) is 41.5 Å². The molecule has 2 N–H and O–H groups in total. The molecule has 0 aromatic carbocycles. The Kier molecular flexibility index (Phi) is 23.1. The van der Waals surface area contributed by atoms with E-state index in [9.17, 15) is 15.0 Å². The maximum atomic E-state index is 13.5. The van der Waals surface area contributed by atoms with E-state index in [0.717, 1.165) is 44.9 Å². The van der Waals surface area contributed by atoms with E-state index in [1.165, 1.54) is 0 Å². The van der Waals surface area contributed by atoms with Gasteiger partial charge in [0.05, 0.1) is 109 Å². The molecule has 0 radical (unpaired) electrons. The standard InChI is InChI=1S/C69H114O25/c1-32-42-17-18-51(71)68(42,10)52-31-50-67(9)21-20-41(23-40(67)19-22-69(50,93-32)94-52)86-54-26-45(74-12)63(35(4)81-54)89-57-28-47(76-14)65(37(6)83-57)91-59-30-49(78-16)66(39(8)85-59)92-58-29-48(77-15)64(38(7)84-58)90-56-27-46(75-13)62(36(5)82-56)88-53-24-43(70)61(34(3)80-53)87-55-25-44(73-11)60(72)33(2)79-55/h32-50,52-66,70,72H,17-31H2,1-16H3/t32?,33-,34-,35-,36-,37-,38-,39-,40?,41+,42-,43+,44-,45+,46-,47-,48-,49-,50-,52?,53+,54+,55+,56+,57+,58+,59+,60-,61-,62-,63-,64-,65-,66-,67+,68-,69+/m1/s1. The first-order valence-electron chi connectivity index (χ1n) is 35.5. The lowest BCUT2D eigenvalue weighted by atomic mass is 9.52. The lowest BCUT2D eigenvalue weighted by molar-refractivity contribution is -0.356. The molecule has 25 heteroatoms. The number of aliphatic hydroxyl groups is 2. The fourth-order valence-electron chi connectivity index (χ4n) is 19.2. The molecule has 1 spiro atoms. The number of carbonyl (C=O) groups excluding carboxylic acids is 1. The Hall–Kier alpha value is -1.29. The molecule has 0 amide bonds. The first-order chi connectivity index (χ1) is 44.9. The normalized spacial score (nSPS) is 54.0. The van der Waals surface area contributed by atoms with Crippen LogP contribution in [0.1, 0.15) is 166 Å². The molecule has 37 atom stereocenters. The third-order valence-corrected chi connectivity index (χ3v) is 24.5. The molecule has 0 aromatic rings. The Morgan fingerprint density at radius 3 is 1.18 bits per heavy atom. The van der Waals surface area contributed by atoms with Gasteiger partial charge in [-0.25, -0.2) is 0 Å². The van der Waals surface area contributed by atoms with Crippen LogP contribution in [0.2, 0.25) is 0 Å². The molecule has 540 valence electrons. The molecule has 3 aliphatic carbocycles. The highest BCUT2D eigenvalue weighted by Crippen LogP contribution is 2.67. The number of hydrogen-bond donors (Lipinski definition) is 2. The second-order valence-electron chi connectivity index (χ2n) is 30.0. The molecule has 2 bridgehead atoms. The monoisotopic (exact) mass is 1340 g/mol. The van der Waals surface area contributed by atoms with Crippen molar-refractivity contribution in [1.29, 1.82) is 0 Å². The molecular formula is C69H114O25. The number of carbonyl (C=O) groups is 1. The molecule has 9 saturated heterocycles. The maximum Gasteiger partial charge on any atom is 0.172 e. The van der Waals surface area contributed by atoms with E-state index >= 15 is 0 Å². The van der Waals surface area contributed by atoms with Crippen molar-refractivity contribution >= 4 is 5.78 Å². The zero-order valence-corrected chi connectivity index (χ0v) is 58.5. The molecule has 94 heavy (non-hydrogen) atoms. The lowest BCUT2D eigenvalue weighted by Gasteiger charge is -2.57. The van der Waals surface area contributed by atoms with Crippen LogP contribution in [0.4, 0.5) is 0 Å². The van der Waals surface area contributed by atoms with Gasteiger partial charge in [-0.1, -0.05) is 6.92 Å². The third-order valence-electron chi connectivity index (χ3n) is 24.5. The molecule has 9 heterocycles. The number of fused-ring (bicyclic) bond motifs is 5. The van der Waals surface area contributed by atoms with Crippen molar-refractivity contribution < 1.29 is 119 Å². The summed E-state index contributed by atoms with van der Waals surface area (Å²) in [4.78, 5) is 13.5. The van der Waals surface area contributed by atoms with E-state index in [2.05, 4.69) is 20.8 Å². The van der Waals surface area contributed by atoms with Gasteiger partial charge in [0, 0.05) is 112 Å². The number of hydrogen-bond acceptors (Lipinski definition) is 25. The van der Waals surface area contributed by atoms with Gasteiger partial charge in [-0.15, -0.1) is 0 Å². The number of aliphatic hydroxyl groups excluding tert-OH is 2. The summed E-state index contributed by atoms with van der Waals surface area (Å²) in [6.45, 7) is 20.1. The van der Waals surface area contributed by atoms with E-state index in [0.29, 0.717) is 56.6 Å². The Morgan fingerprint density at radius 1 is 0.394 bits per heavy atom. The van der Waals surface area contributed by atoms with Crippen molar-refractivity contribution in [3.63, 3.8) is 0 Å². The second-order valence-corrected chi connectivity index (χ2v) is 30.0. The summed E-state index contributed by atoms with van der Waals surface area (Å²) in [5.41, 5.74) is -0.457. The van der Waals surface area contributed by atoms with Crippen LogP contribution in [0.3, 0.4) is 0 Å². The highest BCUT2D eigenvalue weighted by Gasteiger charge is 2.70. The van der Waals surface area contributed by atoms with Gasteiger partial charge in [0.2, 0.25) is 0 Å². The Morgan fingerprint density at radius 2 is 0.766 bits per heavy atom. The molecule has 25 nitrogen and oxygen atoms in total. The summed E-state index contributed by atoms with van der Waals surface area (Å²) < 4.78 is 141. The Balaban J connectivity index is 0.580. The summed E-state index contributed by atoms with van der Waals surface area (Å²) in [5, 5.41) is 21.7. The lowest BCUT2D eigenvalue weighted by Crippen LogP contribution is -2.59. The molecule has 3 unspecified atom stereocenters. The second kappa shape index (κ2) is 30.0. The number of ether oxygens (including phenoxy) is 22. The molecule has 12 rings (SSSR count). The predicted octanol–water partition coefficient (Wildman–Crippen LogP) is 6.54. The van der Waals surface area contributed by atoms with Gasteiger partial charge >= 0.3 is 0 Å². The van der Waals surface area contributed by atoms with Crippen molar-refractivity contribution in [2.24, 2.45) is 28.6 Å². The van der Waals surface area contributed by atoms with Crippen molar-refractivity contribution in [3.05, 3.63) is 0 Å². The largest absolute Gasteiger partial charge is 0.390 e. The minimum atomic E-state index is -0.918. The van der Waals surface area contributed by atoms with Crippen LogP contribution < -0.4 is 0 Å².